The van der Waals surface area contributed by atoms with Gasteiger partial charge in [0.1, 0.15) is 5.82 Å². The fourth-order valence-corrected chi connectivity index (χ4v) is 1.72. The molecule has 0 saturated carbocycles. The quantitative estimate of drug-likeness (QED) is 0.643. The van der Waals surface area contributed by atoms with Crippen LogP contribution in [0, 0.1) is 5.82 Å². The second-order valence-electron chi connectivity index (χ2n) is 4.43. The van der Waals surface area contributed by atoms with E-state index in [2.05, 4.69) is 10.6 Å². The van der Waals surface area contributed by atoms with E-state index in [-0.39, 0.29) is 11.3 Å². The number of carbonyl (C=O) groups excluding carboxylic acids is 1. The summed E-state index contributed by atoms with van der Waals surface area (Å²) in [5.41, 5.74) is -0.231. The highest BCUT2D eigenvalue weighted by atomic mass is 19.1. The lowest BCUT2D eigenvalue weighted by Gasteiger charge is -2.10. The summed E-state index contributed by atoms with van der Waals surface area (Å²) in [5.74, 6) is -1.85. The molecule has 0 aliphatic rings. The highest BCUT2D eigenvalue weighted by Gasteiger charge is 2.13. The Morgan fingerprint density at radius 2 is 2.05 bits per heavy atom. The Morgan fingerprint density at radius 1 is 1.29 bits per heavy atom. The van der Waals surface area contributed by atoms with Gasteiger partial charge in [0.15, 0.2) is 0 Å². The number of methoxy groups -OCH3 is 1. The Hall–Kier alpha value is -2.15. The van der Waals surface area contributed by atoms with Crippen molar-refractivity contribution in [2.75, 3.05) is 25.6 Å². The van der Waals surface area contributed by atoms with Crippen LogP contribution in [0.2, 0.25) is 0 Å². The Balaban J connectivity index is 2.44. The molecule has 3 N–H and O–H groups in total. The maximum atomic E-state index is 13.1. The van der Waals surface area contributed by atoms with Crippen LogP contribution in [0.25, 0.3) is 0 Å². The number of unbranched alkanes of at least 4 members (excludes halogenated alkanes) is 2. The van der Waals surface area contributed by atoms with E-state index in [1.54, 1.807) is 7.11 Å². The molecule has 0 aromatic heterocycles. The molecule has 0 atom stereocenters. The minimum atomic E-state index is -1.23. The minimum Gasteiger partial charge on any atom is -0.478 e. The maximum absolute atomic E-state index is 13.1. The first-order chi connectivity index (χ1) is 10.0. The van der Waals surface area contributed by atoms with Crippen molar-refractivity contribution < 1.29 is 23.8 Å². The lowest BCUT2D eigenvalue weighted by atomic mass is 10.2. The maximum Gasteiger partial charge on any atom is 0.337 e. The van der Waals surface area contributed by atoms with Gasteiger partial charge in [0.05, 0.1) is 11.3 Å². The van der Waals surface area contributed by atoms with Crippen molar-refractivity contribution in [3.63, 3.8) is 0 Å². The molecule has 0 aliphatic carbocycles. The van der Waals surface area contributed by atoms with Crippen LogP contribution in [0.1, 0.15) is 29.6 Å². The van der Waals surface area contributed by atoms with Crippen molar-refractivity contribution in [2.24, 2.45) is 0 Å². The van der Waals surface area contributed by atoms with Crippen LogP contribution >= 0.6 is 0 Å². The lowest BCUT2D eigenvalue weighted by molar-refractivity contribution is 0.0698. The summed E-state index contributed by atoms with van der Waals surface area (Å²) in [4.78, 5) is 22.6. The molecule has 6 nitrogen and oxygen atoms in total. The number of carbonyl (C=O) groups is 2. The predicted octanol–water partition coefficient (Wildman–Crippen LogP) is 2.46. The number of rotatable bonds is 8. The molecule has 0 spiro atoms. The third-order valence-electron chi connectivity index (χ3n) is 2.77. The van der Waals surface area contributed by atoms with E-state index in [0.29, 0.717) is 13.2 Å². The van der Waals surface area contributed by atoms with Gasteiger partial charge in [-0.3, -0.25) is 0 Å². The first-order valence-electron chi connectivity index (χ1n) is 6.61. The summed E-state index contributed by atoms with van der Waals surface area (Å²) in [6, 6.07) is 2.55. The van der Waals surface area contributed by atoms with Crippen LogP contribution in [-0.4, -0.2) is 37.4 Å². The molecule has 0 fully saturated rings. The molecular formula is C14H19FN2O4. The number of carboxylic acids is 1. The summed E-state index contributed by atoms with van der Waals surface area (Å²) in [6.07, 6.45) is 2.60. The summed E-state index contributed by atoms with van der Waals surface area (Å²) in [5, 5.41) is 13.9. The highest BCUT2D eigenvalue weighted by Crippen LogP contribution is 2.17. The van der Waals surface area contributed by atoms with Gasteiger partial charge in [-0.05, 0) is 37.5 Å². The molecule has 0 aliphatic heterocycles. The number of carboxylic acid groups (broad SMARTS) is 1. The number of urea groups is 1. The van der Waals surface area contributed by atoms with Crippen molar-refractivity contribution >= 4 is 17.7 Å². The van der Waals surface area contributed by atoms with Gasteiger partial charge in [0, 0.05) is 20.3 Å². The molecule has 1 aromatic rings. The molecule has 1 rings (SSSR count). The second-order valence-corrected chi connectivity index (χ2v) is 4.43. The Labute approximate surface area is 122 Å². The SMILES string of the molecule is COCCCCCNC(=O)Nc1cc(F)ccc1C(=O)O. The first kappa shape index (κ1) is 16.9. The van der Waals surface area contributed by atoms with Gasteiger partial charge in [-0.25, -0.2) is 14.0 Å². The fourth-order valence-electron chi connectivity index (χ4n) is 1.72. The van der Waals surface area contributed by atoms with Crippen molar-refractivity contribution in [3.05, 3.63) is 29.6 Å². The molecule has 0 saturated heterocycles. The van der Waals surface area contributed by atoms with Crippen LogP contribution in [0.15, 0.2) is 18.2 Å². The van der Waals surface area contributed by atoms with Gasteiger partial charge in [0.2, 0.25) is 0 Å². The Morgan fingerprint density at radius 3 is 2.71 bits per heavy atom. The fraction of sp³-hybridized carbons (Fsp3) is 0.429. The third-order valence-corrected chi connectivity index (χ3v) is 2.77. The van der Waals surface area contributed by atoms with E-state index in [4.69, 9.17) is 9.84 Å². The van der Waals surface area contributed by atoms with Gasteiger partial charge in [0.25, 0.3) is 0 Å². The monoisotopic (exact) mass is 298 g/mol. The number of halogens is 1. The Kier molecular flexibility index (Phi) is 7.17. The molecule has 1 aromatic carbocycles. The summed E-state index contributed by atoms with van der Waals surface area (Å²) in [7, 11) is 1.63. The summed E-state index contributed by atoms with van der Waals surface area (Å²) >= 11 is 0. The van der Waals surface area contributed by atoms with Crippen molar-refractivity contribution in [2.45, 2.75) is 19.3 Å². The number of anilines is 1. The number of aromatic carboxylic acids is 1. The molecule has 2 amide bonds. The molecule has 0 bridgehead atoms. The first-order valence-corrected chi connectivity index (χ1v) is 6.61. The van der Waals surface area contributed by atoms with Crippen LogP contribution in [0.3, 0.4) is 0 Å². The number of hydrogen-bond acceptors (Lipinski definition) is 3. The van der Waals surface area contributed by atoms with E-state index < -0.39 is 17.8 Å². The van der Waals surface area contributed by atoms with Crippen molar-refractivity contribution in [1.29, 1.82) is 0 Å². The number of benzene rings is 1. The average molecular weight is 298 g/mol. The average Bonchev–Trinajstić information content (AvgIpc) is 2.42. The largest absolute Gasteiger partial charge is 0.478 e. The molecule has 7 heteroatoms. The van der Waals surface area contributed by atoms with Gasteiger partial charge < -0.3 is 20.5 Å². The molecule has 21 heavy (non-hydrogen) atoms. The summed E-state index contributed by atoms with van der Waals surface area (Å²) < 4.78 is 18.0. The van der Waals surface area contributed by atoms with E-state index in [1.165, 1.54) is 0 Å². The second kappa shape index (κ2) is 8.91. The molecular weight excluding hydrogens is 279 g/mol. The molecule has 0 unspecified atom stereocenters. The van der Waals surface area contributed by atoms with E-state index >= 15 is 0 Å². The molecule has 116 valence electrons. The zero-order valence-corrected chi connectivity index (χ0v) is 11.8. The van der Waals surface area contributed by atoms with Crippen LogP contribution in [0.4, 0.5) is 14.9 Å². The third kappa shape index (κ3) is 6.22. The predicted molar refractivity (Wildman–Crippen MR) is 76.1 cm³/mol. The van der Waals surface area contributed by atoms with Gasteiger partial charge >= 0.3 is 12.0 Å². The Bertz CT molecular complexity index is 494. The van der Waals surface area contributed by atoms with E-state index in [1.807, 2.05) is 0 Å². The minimum absolute atomic E-state index is 0.0700. The zero-order valence-electron chi connectivity index (χ0n) is 11.8. The normalized spacial score (nSPS) is 10.2. The standard InChI is InChI=1S/C14H19FN2O4/c1-21-8-4-2-3-7-16-14(20)17-12-9-10(15)5-6-11(12)13(18)19/h5-6,9H,2-4,7-8H2,1H3,(H,18,19)(H2,16,17,20). The van der Waals surface area contributed by atoms with Gasteiger partial charge in [-0.2, -0.15) is 0 Å². The summed E-state index contributed by atoms with van der Waals surface area (Å²) in [6.45, 7) is 1.13. The van der Waals surface area contributed by atoms with Crippen LogP contribution in [-0.2, 0) is 4.74 Å². The lowest BCUT2D eigenvalue weighted by Crippen LogP contribution is -2.30. The zero-order chi connectivity index (χ0) is 15.7. The number of hydrogen-bond donors (Lipinski definition) is 3. The van der Waals surface area contributed by atoms with Crippen molar-refractivity contribution in [1.82, 2.24) is 5.32 Å². The molecule has 0 heterocycles. The smallest absolute Gasteiger partial charge is 0.337 e. The van der Waals surface area contributed by atoms with Crippen molar-refractivity contribution in [3.8, 4) is 0 Å². The van der Waals surface area contributed by atoms with Gasteiger partial charge in [-0.1, -0.05) is 0 Å². The number of amides is 2. The van der Waals surface area contributed by atoms with E-state index in [9.17, 15) is 14.0 Å². The number of nitrogens with one attached hydrogen (secondary N) is 2. The van der Waals surface area contributed by atoms with Crippen LogP contribution in [0.5, 0.6) is 0 Å². The highest BCUT2D eigenvalue weighted by molar-refractivity contribution is 5.99. The van der Waals surface area contributed by atoms with Crippen LogP contribution < -0.4 is 10.6 Å². The number of ether oxygens (including phenoxy) is 1. The van der Waals surface area contributed by atoms with E-state index in [0.717, 1.165) is 37.5 Å². The molecule has 0 radical (unpaired) electrons. The van der Waals surface area contributed by atoms with Gasteiger partial charge in [-0.15, -0.1) is 0 Å². The topological polar surface area (TPSA) is 87.7 Å².